The van der Waals surface area contributed by atoms with Crippen molar-refractivity contribution in [2.45, 2.75) is 18.9 Å². The van der Waals surface area contributed by atoms with E-state index in [0.717, 1.165) is 41.0 Å². The van der Waals surface area contributed by atoms with E-state index in [1.807, 2.05) is 36.4 Å². The van der Waals surface area contributed by atoms with E-state index in [9.17, 15) is 5.11 Å². The van der Waals surface area contributed by atoms with E-state index in [0.29, 0.717) is 13.2 Å². The number of hydrogen-bond donors (Lipinski definition) is 1. The Kier molecular flexibility index (Phi) is 6.15. The minimum atomic E-state index is -0.469. The van der Waals surface area contributed by atoms with E-state index < -0.39 is 6.10 Å². The summed E-state index contributed by atoms with van der Waals surface area (Å²) >= 11 is 0. The average Bonchev–Trinajstić information content (AvgIpc) is 3.36. The first kappa shape index (κ1) is 20.7. The topological polar surface area (TPSA) is 45.6 Å². The van der Waals surface area contributed by atoms with E-state index in [2.05, 4.69) is 53.4 Å². The monoisotopic (exact) mass is 424 g/mol. The Morgan fingerprint density at radius 3 is 2.34 bits per heavy atom. The Morgan fingerprint density at radius 2 is 1.56 bits per heavy atom. The van der Waals surface area contributed by atoms with Crippen molar-refractivity contribution in [2.24, 2.45) is 0 Å². The molecule has 4 aromatic rings. The first-order chi connectivity index (χ1) is 15.8. The van der Waals surface area contributed by atoms with Crippen molar-refractivity contribution >= 4 is 10.9 Å². The zero-order chi connectivity index (χ0) is 21.8. The molecule has 5 rings (SSSR count). The SMILES string of the molecule is OC(COc1ccc(-c2cc(-c3ccccc3)c3ccccc3n2)cc1)CN1CCCC1. The van der Waals surface area contributed by atoms with Crippen molar-refractivity contribution in [1.82, 2.24) is 9.88 Å². The van der Waals surface area contributed by atoms with Crippen LogP contribution in [-0.2, 0) is 0 Å². The fraction of sp³-hybridized carbons (Fsp3) is 0.250. The molecule has 1 aliphatic rings. The fourth-order valence-corrected chi connectivity index (χ4v) is 4.41. The van der Waals surface area contributed by atoms with Gasteiger partial charge in [-0.05, 0) is 73.5 Å². The standard InChI is InChI=1S/C28H28N2O2/c31-23(19-30-16-6-7-17-30)20-32-24-14-12-22(13-15-24)28-18-26(21-8-2-1-3-9-21)25-10-4-5-11-27(25)29-28/h1-5,8-15,18,23,31H,6-7,16-17,19-20H2. The van der Waals surface area contributed by atoms with Gasteiger partial charge in [0.25, 0.3) is 0 Å². The quantitative estimate of drug-likeness (QED) is 0.431. The number of rotatable bonds is 7. The molecule has 2 heterocycles. The van der Waals surface area contributed by atoms with Crippen molar-refractivity contribution < 1.29 is 9.84 Å². The highest BCUT2D eigenvalue weighted by molar-refractivity contribution is 5.96. The molecular formula is C28H28N2O2. The van der Waals surface area contributed by atoms with Gasteiger partial charge in [0.15, 0.2) is 0 Å². The van der Waals surface area contributed by atoms with E-state index in [-0.39, 0.29) is 0 Å². The van der Waals surface area contributed by atoms with Gasteiger partial charge in [0.1, 0.15) is 18.5 Å². The van der Waals surface area contributed by atoms with Crippen LogP contribution >= 0.6 is 0 Å². The van der Waals surface area contributed by atoms with E-state index >= 15 is 0 Å². The van der Waals surface area contributed by atoms with Gasteiger partial charge >= 0.3 is 0 Å². The van der Waals surface area contributed by atoms with E-state index in [4.69, 9.17) is 9.72 Å². The van der Waals surface area contributed by atoms with Crippen molar-refractivity contribution in [3.8, 4) is 28.1 Å². The van der Waals surface area contributed by atoms with Gasteiger partial charge in [-0.25, -0.2) is 4.98 Å². The molecule has 0 spiro atoms. The summed E-state index contributed by atoms with van der Waals surface area (Å²) in [5, 5.41) is 11.4. The molecule has 1 N–H and O–H groups in total. The molecule has 0 radical (unpaired) electrons. The highest BCUT2D eigenvalue weighted by Crippen LogP contribution is 2.32. The van der Waals surface area contributed by atoms with Crippen molar-refractivity contribution in [2.75, 3.05) is 26.2 Å². The van der Waals surface area contributed by atoms with Gasteiger partial charge in [0.05, 0.1) is 11.2 Å². The minimum absolute atomic E-state index is 0.308. The Morgan fingerprint density at radius 1 is 0.844 bits per heavy atom. The molecule has 1 saturated heterocycles. The molecule has 1 atom stereocenters. The number of β-amino-alcohol motifs (C(OH)–C–C–N with tert-alkyl or cyclic N) is 1. The molecule has 162 valence electrons. The predicted molar refractivity (Wildman–Crippen MR) is 130 cm³/mol. The highest BCUT2D eigenvalue weighted by Gasteiger charge is 2.16. The Hall–Kier alpha value is -3.21. The number of para-hydroxylation sites is 1. The lowest BCUT2D eigenvalue weighted by molar-refractivity contribution is 0.0758. The molecule has 1 unspecified atom stereocenters. The van der Waals surface area contributed by atoms with Crippen LogP contribution in [0.3, 0.4) is 0 Å². The molecule has 4 heteroatoms. The number of fused-ring (bicyclic) bond motifs is 1. The fourth-order valence-electron chi connectivity index (χ4n) is 4.41. The number of hydrogen-bond acceptors (Lipinski definition) is 4. The number of benzene rings is 3. The summed E-state index contributed by atoms with van der Waals surface area (Å²) in [4.78, 5) is 7.20. The molecule has 0 saturated carbocycles. The number of aliphatic hydroxyl groups excluding tert-OH is 1. The van der Waals surface area contributed by atoms with Crippen LogP contribution in [-0.4, -0.2) is 47.3 Å². The minimum Gasteiger partial charge on any atom is -0.491 e. The number of pyridine rings is 1. The maximum absolute atomic E-state index is 10.3. The smallest absolute Gasteiger partial charge is 0.119 e. The second kappa shape index (κ2) is 9.51. The van der Waals surface area contributed by atoms with Crippen LogP contribution in [0.5, 0.6) is 5.75 Å². The molecule has 4 nitrogen and oxygen atoms in total. The number of nitrogens with zero attached hydrogens (tertiary/aromatic N) is 2. The molecule has 1 fully saturated rings. The zero-order valence-corrected chi connectivity index (χ0v) is 18.2. The van der Waals surface area contributed by atoms with Gasteiger partial charge in [0, 0.05) is 17.5 Å². The van der Waals surface area contributed by atoms with Crippen LogP contribution in [0.1, 0.15) is 12.8 Å². The maximum atomic E-state index is 10.3. The average molecular weight is 425 g/mol. The Bertz CT molecular complexity index is 1170. The van der Waals surface area contributed by atoms with Gasteiger partial charge in [-0.3, -0.25) is 0 Å². The van der Waals surface area contributed by atoms with Crippen molar-refractivity contribution in [3.05, 3.63) is 84.9 Å². The summed E-state index contributed by atoms with van der Waals surface area (Å²) in [5.74, 6) is 0.762. The normalized spacial score (nSPS) is 15.2. The van der Waals surface area contributed by atoms with Crippen LogP contribution in [0.4, 0.5) is 0 Å². The summed E-state index contributed by atoms with van der Waals surface area (Å²) in [6.45, 7) is 3.15. The lowest BCUT2D eigenvalue weighted by atomic mass is 9.98. The predicted octanol–water partition coefficient (Wildman–Crippen LogP) is 5.40. The third kappa shape index (κ3) is 4.67. The van der Waals surface area contributed by atoms with Crippen LogP contribution in [0.15, 0.2) is 84.9 Å². The van der Waals surface area contributed by atoms with Crippen molar-refractivity contribution in [1.29, 1.82) is 0 Å². The summed E-state index contributed by atoms with van der Waals surface area (Å²) in [6.07, 6.45) is 1.98. The number of ether oxygens (including phenoxy) is 1. The number of aliphatic hydroxyl groups is 1. The van der Waals surface area contributed by atoms with Crippen LogP contribution in [0, 0.1) is 0 Å². The first-order valence-electron chi connectivity index (χ1n) is 11.4. The number of aromatic nitrogens is 1. The molecule has 3 aromatic carbocycles. The molecule has 0 bridgehead atoms. The second-order valence-corrected chi connectivity index (χ2v) is 8.44. The van der Waals surface area contributed by atoms with Gasteiger partial charge < -0.3 is 14.7 Å². The molecule has 0 aliphatic carbocycles. The van der Waals surface area contributed by atoms with Crippen LogP contribution < -0.4 is 4.74 Å². The molecule has 1 aromatic heterocycles. The second-order valence-electron chi connectivity index (χ2n) is 8.44. The van der Waals surface area contributed by atoms with Gasteiger partial charge in [-0.15, -0.1) is 0 Å². The molecule has 32 heavy (non-hydrogen) atoms. The lowest BCUT2D eigenvalue weighted by Gasteiger charge is -2.19. The molecule has 0 amide bonds. The third-order valence-corrected chi connectivity index (χ3v) is 6.06. The highest BCUT2D eigenvalue weighted by atomic mass is 16.5. The molecular weight excluding hydrogens is 396 g/mol. The van der Waals surface area contributed by atoms with Crippen LogP contribution in [0.25, 0.3) is 33.3 Å². The summed E-state index contributed by atoms with van der Waals surface area (Å²) in [6, 6.07) is 28.8. The first-order valence-corrected chi connectivity index (χ1v) is 11.4. The van der Waals surface area contributed by atoms with E-state index in [1.54, 1.807) is 0 Å². The lowest BCUT2D eigenvalue weighted by Crippen LogP contribution is -2.33. The van der Waals surface area contributed by atoms with E-state index in [1.165, 1.54) is 24.0 Å². The zero-order valence-electron chi connectivity index (χ0n) is 18.2. The molecule has 1 aliphatic heterocycles. The Balaban J connectivity index is 1.35. The summed E-state index contributed by atoms with van der Waals surface area (Å²) < 4.78 is 5.84. The summed E-state index contributed by atoms with van der Waals surface area (Å²) in [7, 11) is 0. The maximum Gasteiger partial charge on any atom is 0.119 e. The Labute approximate surface area is 189 Å². The van der Waals surface area contributed by atoms with Gasteiger partial charge in [-0.2, -0.15) is 0 Å². The van der Waals surface area contributed by atoms with Crippen molar-refractivity contribution in [3.63, 3.8) is 0 Å². The van der Waals surface area contributed by atoms with Gasteiger partial charge in [-0.1, -0.05) is 48.5 Å². The third-order valence-electron chi connectivity index (χ3n) is 6.06. The number of likely N-dealkylation sites (tertiary alicyclic amines) is 1. The summed E-state index contributed by atoms with van der Waals surface area (Å²) in [5.41, 5.74) is 5.31. The van der Waals surface area contributed by atoms with Crippen LogP contribution in [0.2, 0.25) is 0 Å². The largest absolute Gasteiger partial charge is 0.491 e. The van der Waals surface area contributed by atoms with Gasteiger partial charge in [0.2, 0.25) is 0 Å².